The molecule has 0 spiro atoms. The summed E-state index contributed by atoms with van der Waals surface area (Å²) in [4.78, 5) is 8.43. The molecule has 0 fully saturated rings. The lowest BCUT2D eigenvalue weighted by atomic mass is 9.99. The molecule has 31 heavy (non-hydrogen) atoms. The van der Waals surface area contributed by atoms with Gasteiger partial charge in [-0.05, 0) is 42.3 Å². The first-order chi connectivity index (χ1) is 14.7. The minimum absolute atomic E-state index is 0.0332. The van der Waals surface area contributed by atoms with Gasteiger partial charge in [0, 0.05) is 18.8 Å². The van der Waals surface area contributed by atoms with Gasteiger partial charge in [0.1, 0.15) is 23.5 Å². The fourth-order valence-electron chi connectivity index (χ4n) is 3.49. The van der Waals surface area contributed by atoms with E-state index in [0.29, 0.717) is 22.9 Å². The number of ether oxygens (including phenoxy) is 1. The molecule has 0 aliphatic rings. The van der Waals surface area contributed by atoms with E-state index in [9.17, 15) is 8.42 Å². The molecular formula is C21H20ClN5O3S. The van der Waals surface area contributed by atoms with Crippen molar-refractivity contribution in [3.05, 3.63) is 59.5 Å². The van der Waals surface area contributed by atoms with Crippen molar-refractivity contribution >= 4 is 44.2 Å². The normalized spacial score (nSPS) is 11.6. The fraction of sp³-hybridized carbons (Fsp3) is 0.143. The number of nitrogens with two attached hydrogens (primary N) is 1. The first-order valence-corrected chi connectivity index (χ1v) is 11.1. The summed E-state index contributed by atoms with van der Waals surface area (Å²) in [5, 5.41) is 0.928. The van der Waals surface area contributed by atoms with Crippen molar-refractivity contribution in [1.82, 2.24) is 14.5 Å². The third kappa shape index (κ3) is 3.66. The van der Waals surface area contributed by atoms with Crippen LogP contribution in [0.1, 0.15) is 5.56 Å². The third-order valence-electron chi connectivity index (χ3n) is 5.08. The number of aromatic nitrogens is 3. The number of nitrogen functional groups attached to an aromatic ring is 1. The molecule has 0 bridgehead atoms. The molecule has 0 unspecified atom stereocenters. The van der Waals surface area contributed by atoms with Gasteiger partial charge in [-0.15, -0.1) is 0 Å². The van der Waals surface area contributed by atoms with Gasteiger partial charge in [-0.3, -0.25) is 4.72 Å². The Bertz CT molecular complexity index is 1420. The Morgan fingerprint density at radius 1 is 1.16 bits per heavy atom. The van der Waals surface area contributed by atoms with Crippen LogP contribution in [0, 0.1) is 6.92 Å². The van der Waals surface area contributed by atoms with Crippen LogP contribution in [-0.2, 0) is 17.1 Å². The molecule has 2 heterocycles. The van der Waals surface area contributed by atoms with E-state index in [1.54, 1.807) is 12.1 Å². The molecule has 0 amide bonds. The molecule has 0 atom stereocenters. The second-order valence-corrected chi connectivity index (χ2v) is 9.08. The van der Waals surface area contributed by atoms with Gasteiger partial charge >= 0.3 is 0 Å². The lowest BCUT2D eigenvalue weighted by Gasteiger charge is -2.14. The molecule has 8 nitrogen and oxygen atoms in total. The van der Waals surface area contributed by atoms with Gasteiger partial charge in [-0.1, -0.05) is 23.7 Å². The van der Waals surface area contributed by atoms with E-state index in [4.69, 9.17) is 22.1 Å². The van der Waals surface area contributed by atoms with Gasteiger partial charge in [-0.2, -0.15) is 0 Å². The number of aryl methyl sites for hydroxylation is 1. The minimum atomic E-state index is -3.87. The van der Waals surface area contributed by atoms with E-state index < -0.39 is 10.0 Å². The first kappa shape index (κ1) is 21.0. The highest BCUT2D eigenvalue weighted by molar-refractivity contribution is 7.92. The predicted molar refractivity (Wildman–Crippen MR) is 122 cm³/mol. The Labute approximate surface area is 184 Å². The van der Waals surface area contributed by atoms with Crippen molar-refractivity contribution in [3.63, 3.8) is 0 Å². The van der Waals surface area contributed by atoms with E-state index >= 15 is 0 Å². The molecule has 4 aromatic rings. The van der Waals surface area contributed by atoms with Gasteiger partial charge in [0.25, 0.3) is 10.0 Å². The number of fused-ring (bicyclic) bond motifs is 1. The van der Waals surface area contributed by atoms with Crippen molar-refractivity contribution in [2.75, 3.05) is 17.6 Å². The van der Waals surface area contributed by atoms with Crippen LogP contribution in [0.25, 0.3) is 22.2 Å². The zero-order valence-corrected chi connectivity index (χ0v) is 18.6. The highest BCUT2D eigenvalue weighted by Crippen LogP contribution is 2.37. The smallest absolute Gasteiger partial charge is 0.261 e. The Hall–Kier alpha value is -3.30. The van der Waals surface area contributed by atoms with E-state index in [1.807, 2.05) is 30.8 Å². The summed E-state index contributed by atoms with van der Waals surface area (Å²) in [5.41, 5.74) is 9.63. The van der Waals surface area contributed by atoms with Crippen LogP contribution in [-0.4, -0.2) is 30.1 Å². The molecule has 0 saturated heterocycles. The van der Waals surface area contributed by atoms with Crippen molar-refractivity contribution in [3.8, 4) is 16.9 Å². The second kappa shape index (κ2) is 7.75. The van der Waals surface area contributed by atoms with E-state index in [0.717, 1.165) is 22.1 Å². The molecule has 0 radical (unpaired) electrons. The van der Waals surface area contributed by atoms with Crippen molar-refractivity contribution in [1.29, 1.82) is 0 Å². The van der Waals surface area contributed by atoms with Crippen LogP contribution in [0.2, 0.25) is 5.02 Å². The molecule has 10 heteroatoms. The summed E-state index contributed by atoms with van der Waals surface area (Å²) in [5.74, 6) is 0.758. The maximum absolute atomic E-state index is 13.0. The monoisotopic (exact) mass is 457 g/mol. The zero-order chi connectivity index (χ0) is 22.3. The lowest BCUT2D eigenvalue weighted by molar-refractivity contribution is 0.414. The van der Waals surface area contributed by atoms with Crippen LogP contribution in [0.5, 0.6) is 5.75 Å². The molecule has 160 valence electrons. The maximum atomic E-state index is 13.0. The number of sulfonamides is 1. The Kier molecular flexibility index (Phi) is 5.24. The summed E-state index contributed by atoms with van der Waals surface area (Å²) in [6.07, 6.45) is 3.32. The van der Waals surface area contributed by atoms with Gasteiger partial charge in [0.05, 0.1) is 28.1 Å². The zero-order valence-electron chi connectivity index (χ0n) is 17.0. The topological polar surface area (TPSA) is 112 Å². The van der Waals surface area contributed by atoms with Crippen LogP contribution >= 0.6 is 11.6 Å². The Balaban J connectivity index is 1.78. The van der Waals surface area contributed by atoms with Gasteiger partial charge in [0.15, 0.2) is 0 Å². The van der Waals surface area contributed by atoms with E-state index in [-0.39, 0.29) is 9.92 Å². The third-order valence-corrected chi connectivity index (χ3v) is 6.74. The van der Waals surface area contributed by atoms with Gasteiger partial charge in [-0.25, -0.2) is 18.4 Å². The number of halogens is 1. The molecule has 0 aliphatic heterocycles. The number of methoxy groups -OCH3 is 1. The van der Waals surface area contributed by atoms with Crippen LogP contribution < -0.4 is 15.2 Å². The van der Waals surface area contributed by atoms with Crippen LogP contribution in [0.4, 0.5) is 11.5 Å². The number of nitrogens with zero attached hydrogens (tertiary/aromatic N) is 3. The predicted octanol–water partition coefficient (Wildman–Crippen LogP) is 3.99. The van der Waals surface area contributed by atoms with Crippen molar-refractivity contribution in [2.45, 2.75) is 11.8 Å². The summed E-state index contributed by atoms with van der Waals surface area (Å²) in [6, 6.07) is 9.68. The summed E-state index contributed by atoms with van der Waals surface area (Å²) in [6.45, 7) is 1.84. The van der Waals surface area contributed by atoms with Crippen molar-refractivity contribution in [2.24, 2.45) is 7.05 Å². The minimum Gasteiger partial charge on any atom is -0.495 e. The number of benzene rings is 2. The molecule has 0 aliphatic carbocycles. The molecule has 0 saturated carbocycles. The molecule has 4 rings (SSSR count). The van der Waals surface area contributed by atoms with E-state index in [1.165, 1.54) is 31.6 Å². The van der Waals surface area contributed by atoms with Gasteiger partial charge < -0.3 is 15.0 Å². The van der Waals surface area contributed by atoms with Crippen LogP contribution in [0.3, 0.4) is 0 Å². The van der Waals surface area contributed by atoms with Gasteiger partial charge in [0.2, 0.25) is 0 Å². The first-order valence-electron chi connectivity index (χ1n) is 9.24. The molecule has 2 aromatic heterocycles. The Morgan fingerprint density at radius 3 is 2.65 bits per heavy atom. The molecular weight excluding hydrogens is 438 g/mol. The Morgan fingerprint density at radius 2 is 1.94 bits per heavy atom. The van der Waals surface area contributed by atoms with E-state index in [2.05, 4.69) is 14.7 Å². The number of anilines is 2. The summed E-state index contributed by atoms with van der Waals surface area (Å²) < 4.78 is 35.5. The average molecular weight is 458 g/mol. The standard InChI is InChI=1S/C21H20ClN5O3S/c1-12-14(15-10-27(2)21-19(15)20(23)24-11-25-21)5-4-6-17(12)26-31(28,29)13-7-8-18(30-3)16(22)9-13/h4-11,26H,1-3H3,(H2,23,24,25). The molecule has 2 aromatic carbocycles. The second-order valence-electron chi connectivity index (χ2n) is 6.99. The number of nitrogens with one attached hydrogen (secondary N) is 1. The van der Waals surface area contributed by atoms with Crippen LogP contribution in [0.15, 0.2) is 53.8 Å². The number of rotatable bonds is 5. The largest absolute Gasteiger partial charge is 0.495 e. The SMILES string of the molecule is COc1ccc(S(=O)(=O)Nc2cccc(-c3cn(C)c4ncnc(N)c34)c2C)cc1Cl. The lowest BCUT2D eigenvalue weighted by Crippen LogP contribution is -2.14. The maximum Gasteiger partial charge on any atom is 0.261 e. The summed E-state index contributed by atoms with van der Waals surface area (Å²) >= 11 is 6.10. The fourth-order valence-corrected chi connectivity index (χ4v) is 4.97. The molecule has 3 N–H and O–H groups in total. The highest BCUT2D eigenvalue weighted by atomic mass is 35.5. The average Bonchev–Trinajstić information content (AvgIpc) is 3.07. The number of hydrogen-bond donors (Lipinski definition) is 2. The summed E-state index contributed by atoms with van der Waals surface area (Å²) in [7, 11) is -0.538. The quantitative estimate of drug-likeness (QED) is 0.468. The highest BCUT2D eigenvalue weighted by Gasteiger charge is 2.20. The number of hydrogen-bond acceptors (Lipinski definition) is 6. The van der Waals surface area contributed by atoms with Crippen molar-refractivity contribution < 1.29 is 13.2 Å².